The van der Waals surface area contributed by atoms with Crippen molar-refractivity contribution in [2.75, 3.05) is 35.3 Å². The van der Waals surface area contributed by atoms with E-state index in [4.69, 9.17) is 0 Å². The Morgan fingerprint density at radius 2 is 2.00 bits per heavy atom. The molecule has 10 nitrogen and oxygen atoms in total. The average Bonchev–Trinajstić information content (AvgIpc) is 3.30. The summed E-state index contributed by atoms with van der Waals surface area (Å²) >= 11 is 0. The molecule has 1 amide bonds. The summed E-state index contributed by atoms with van der Waals surface area (Å²) in [5.74, 6) is 1.07. The summed E-state index contributed by atoms with van der Waals surface area (Å²) in [5, 5.41) is 9.66. The van der Waals surface area contributed by atoms with Gasteiger partial charge < -0.3 is 16.0 Å². The van der Waals surface area contributed by atoms with E-state index >= 15 is 0 Å². The van der Waals surface area contributed by atoms with Crippen LogP contribution in [0.25, 0.3) is 0 Å². The van der Waals surface area contributed by atoms with Gasteiger partial charge in [0.1, 0.15) is 5.82 Å². The van der Waals surface area contributed by atoms with Gasteiger partial charge >= 0.3 is 0 Å². The van der Waals surface area contributed by atoms with Gasteiger partial charge in [-0.1, -0.05) is 0 Å². The van der Waals surface area contributed by atoms with Crippen LogP contribution in [0, 0.1) is 12.8 Å². The molecule has 3 N–H and O–H groups in total. The second-order valence-corrected chi connectivity index (χ2v) is 11.4. The SMILES string of the molecule is Cc1cnc2nc1Nc1ccc(NC(=O)CC3CCN(S(C)(=O)=O)C3)c(c1)CCc1cncc(c1)N2. The van der Waals surface area contributed by atoms with E-state index in [0.29, 0.717) is 37.7 Å². The van der Waals surface area contributed by atoms with E-state index < -0.39 is 10.0 Å². The number of carbonyl (C=O) groups excluding carboxylic acids is 1. The van der Waals surface area contributed by atoms with Crippen LogP contribution in [0.15, 0.2) is 42.9 Å². The number of aryl methyl sites for hydroxylation is 3. The fourth-order valence-electron chi connectivity index (χ4n) is 4.59. The van der Waals surface area contributed by atoms with Crippen molar-refractivity contribution in [2.45, 2.75) is 32.6 Å². The molecule has 0 aliphatic carbocycles. The summed E-state index contributed by atoms with van der Waals surface area (Å²) in [4.78, 5) is 26.2. The molecule has 1 aromatic carbocycles. The quantitative estimate of drug-likeness (QED) is 0.490. The largest absolute Gasteiger partial charge is 0.340 e. The summed E-state index contributed by atoms with van der Waals surface area (Å²) < 4.78 is 25.0. The van der Waals surface area contributed by atoms with Gasteiger partial charge in [-0.05, 0) is 67.5 Å². The van der Waals surface area contributed by atoms with Crippen molar-refractivity contribution in [3.8, 4) is 0 Å². The highest BCUT2D eigenvalue weighted by atomic mass is 32.2. The van der Waals surface area contributed by atoms with E-state index in [-0.39, 0.29) is 18.2 Å². The number of sulfonamides is 1. The second-order valence-electron chi connectivity index (χ2n) is 9.46. The third-order valence-corrected chi connectivity index (χ3v) is 7.81. The van der Waals surface area contributed by atoms with Crippen molar-refractivity contribution in [1.82, 2.24) is 19.3 Å². The molecule has 1 saturated heterocycles. The lowest BCUT2D eigenvalue weighted by molar-refractivity contribution is -0.117. The zero-order chi connectivity index (χ0) is 25.3. The molecule has 2 aliphatic rings. The van der Waals surface area contributed by atoms with Crippen LogP contribution >= 0.6 is 0 Å². The number of pyridine rings is 1. The van der Waals surface area contributed by atoms with Gasteiger partial charge in [0.15, 0.2) is 0 Å². The fraction of sp³-hybridized carbons (Fsp3) is 0.360. The first-order valence-corrected chi connectivity index (χ1v) is 13.8. The van der Waals surface area contributed by atoms with Crippen LogP contribution in [0.5, 0.6) is 0 Å². The molecule has 1 unspecified atom stereocenters. The Bertz CT molecular complexity index is 1410. The zero-order valence-electron chi connectivity index (χ0n) is 20.3. The van der Waals surface area contributed by atoms with Crippen molar-refractivity contribution >= 4 is 44.8 Å². The maximum atomic E-state index is 12.9. The summed E-state index contributed by atoms with van der Waals surface area (Å²) in [6, 6.07) is 7.87. The van der Waals surface area contributed by atoms with Crippen molar-refractivity contribution < 1.29 is 13.2 Å². The first-order valence-electron chi connectivity index (χ1n) is 11.9. The van der Waals surface area contributed by atoms with Gasteiger partial charge in [0, 0.05) is 48.8 Å². The fourth-order valence-corrected chi connectivity index (χ4v) is 5.51. The minimum atomic E-state index is -3.23. The topological polar surface area (TPSA) is 129 Å². The maximum absolute atomic E-state index is 12.9. The van der Waals surface area contributed by atoms with Crippen LogP contribution in [0.3, 0.4) is 0 Å². The lowest BCUT2D eigenvalue weighted by atomic mass is 10.0. The normalized spacial score (nSPS) is 17.7. The number of aromatic nitrogens is 3. The Balaban J connectivity index is 1.38. The Labute approximate surface area is 210 Å². The van der Waals surface area contributed by atoms with E-state index in [0.717, 1.165) is 40.2 Å². The Kier molecular flexibility index (Phi) is 6.59. The zero-order valence-corrected chi connectivity index (χ0v) is 21.1. The van der Waals surface area contributed by atoms with Gasteiger partial charge in [0.05, 0.1) is 18.1 Å². The van der Waals surface area contributed by atoms with Crippen LogP contribution in [-0.4, -0.2) is 52.9 Å². The Morgan fingerprint density at radius 3 is 2.81 bits per heavy atom. The molecule has 0 radical (unpaired) electrons. The van der Waals surface area contributed by atoms with E-state index in [9.17, 15) is 13.2 Å². The molecule has 6 bridgehead atoms. The number of benzene rings is 1. The molecule has 2 aliphatic heterocycles. The van der Waals surface area contributed by atoms with Crippen LogP contribution in [-0.2, 0) is 27.7 Å². The third-order valence-electron chi connectivity index (χ3n) is 6.54. The lowest BCUT2D eigenvalue weighted by Crippen LogP contribution is -2.28. The maximum Gasteiger partial charge on any atom is 0.229 e. The highest BCUT2D eigenvalue weighted by Gasteiger charge is 2.30. The van der Waals surface area contributed by atoms with Gasteiger partial charge in [-0.2, -0.15) is 4.98 Å². The molecule has 3 aromatic rings. The first-order chi connectivity index (χ1) is 17.2. The Hall–Kier alpha value is -3.57. The van der Waals surface area contributed by atoms with Gasteiger partial charge in [0.2, 0.25) is 21.9 Å². The second kappa shape index (κ2) is 9.82. The molecule has 0 spiro atoms. The predicted molar refractivity (Wildman–Crippen MR) is 139 cm³/mol. The number of nitrogens with zero attached hydrogens (tertiary/aromatic N) is 4. The number of rotatable bonds is 4. The minimum Gasteiger partial charge on any atom is -0.340 e. The standard InChI is InChI=1S/C25H29N7O3S/c1-16-12-27-25-29-21-9-17(13-26-14-21)3-4-19-11-20(28-24(16)31-25)5-6-22(19)30-23(33)10-18-7-8-32(15-18)36(2,34)35/h5-6,9,11-14,18H,3-4,7-8,10,15H2,1-2H3,(H,30,33)(H2,27,28,29,31). The van der Waals surface area contributed by atoms with Crippen LogP contribution in [0.1, 0.15) is 29.5 Å². The van der Waals surface area contributed by atoms with Crippen molar-refractivity contribution in [3.63, 3.8) is 0 Å². The van der Waals surface area contributed by atoms with Gasteiger partial charge in [-0.25, -0.2) is 17.7 Å². The first kappa shape index (κ1) is 24.1. The smallest absolute Gasteiger partial charge is 0.229 e. The molecule has 5 rings (SSSR count). The predicted octanol–water partition coefficient (Wildman–Crippen LogP) is 3.38. The van der Waals surface area contributed by atoms with Gasteiger partial charge in [-0.3, -0.25) is 9.78 Å². The molecule has 1 fully saturated rings. The van der Waals surface area contributed by atoms with Crippen molar-refractivity contribution in [2.24, 2.45) is 5.92 Å². The van der Waals surface area contributed by atoms with Gasteiger partial charge in [0.25, 0.3) is 0 Å². The molecular formula is C25H29N7O3S. The molecule has 4 heterocycles. The van der Waals surface area contributed by atoms with E-state index in [1.165, 1.54) is 10.6 Å². The van der Waals surface area contributed by atoms with Crippen LogP contribution < -0.4 is 16.0 Å². The monoisotopic (exact) mass is 507 g/mol. The number of anilines is 5. The number of amides is 1. The molecule has 188 valence electrons. The highest BCUT2D eigenvalue weighted by Crippen LogP contribution is 2.28. The number of hydrogen-bond acceptors (Lipinski definition) is 8. The van der Waals surface area contributed by atoms with E-state index in [2.05, 4.69) is 30.9 Å². The molecule has 2 aromatic heterocycles. The molecular weight excluding hydrogens is 478 g/mol. The third kappa shape index (κ3) is 5.63. The average molecular weight is 508 g/mol. The van der Waals surface area contributed by atoms with Gasteiger partial charge in [-0.15, -0.1) is 0 Å². The lowest BCUT2D eigenvalue weighted by Gasteiger charge is -2.16. The summed E-state index contributed by atoms with van der Waals surface area (Å²) in [6.45, 7) is 2.80. The number of hydrogen-bond donors (Lipinski definition) is 3. The molecule has 0 saturated carbocycles. The Morgan fingerprint density at radius 1 is 1.14 bits per heavy atom. The molecule has 11 heteroatoms. The van der Waals surface area contributed by atoms with Crippen molar-refractivity contribution in [3.05, 3.63) is 59.5 Å². The summed E-state index contributed by atoms with van der Waals surface area (Å²) in [6.07, 6.45) is 8.95. The highest BCUT2D eigenvalue weighted by molar-refractivity contribution is 7.88. The van der Waals surface area contributed by atoms with Crippen LogP contribution in [0.4, 0.5) is 28.8 Å². The van der Waals surface area contributed by atoms with E-state index in [1.807, 2.05) is 37.4 Å². The van der Waals surface area contributed by atoms with Crippen molar-refractivity contribution in [1.29, 1.82) is 0 Å². The number of carbonyl (C=O) groups is 1. The van der Waals surface area contributed by atoms with Crippen LogP contribution in [0.2, 0.25) is 0 Å². The molecule has 1 atom stereocenters. The molecule has 36 heavy (non-hydrogen) atoms. The number of nitrogens with one attached hydrogen (secondary N) is 3. The minimum absolute atomic E-state index is 0.0157. The number of fused-ring (bicyclic) bond motifs is 6. The van der Waals surface area contributed by atoms with E-state index in [1.54, 1.807) is 12.4 Å². The summed E-state index contributed by atoms with van der Waals surface area (Å²) in [7, 11) is -3.23. The summed E-state index contributed by atoms with van der Waals surface area (Å²) in [5.41, 5.74) is 5.36.